The molecule has 0 saturated carbocycles. The number of carbonyl (C=O) groups is 1. The molecule has 106 valence electrons. The van der Waals surface area contributed by atoms with E-state index in [0.29, 0.717) is 6.42 Å². The highest BCUT2D eigenvalue weighted by Gasteiger charge is 2.17. The fourth-order valence-corrected chi connectivity index (χ4v) is 2.98. The molecule has 0 radical (unpaired) electrons. The summed E-state index contributed by atoms with van der Waals surface area (Å²) < 4.78 is 0. The summed E-state index contributed by atoms with van der Waals surface area (Å²) >= 11 is 7.77. The van der Waals surface area contributed by atoms with E-state index < -0.39 is 12.0 Å². The lowest BCUT2D eigenvalue weighted by atomic mass is 10.2. The number of carboxylic acids is 1. The topological polar surface area (TPSA) is 49.3 Å². The molecule has 2 N–H and O–H groups in total. The molecule has 0 fully saturated rings. The van der Waals surface area contributed by atoms with Crippen LogP contribution in [0.5, 0.6) is 0 Å². The summed E-state index contributed by atoms with van der Waals surface area (Å²) in [5.74, 6) is 0.822. The first-order valence-corrected chi connectivity index (χ1v) is 7.84. The summed E-state index contributed by atoms with van der Waals surface area (Å²) in [5.41, 5.74) is 1.10. The van der Waals surface area contributed by atoms with E-state index in [1.54, 1.807) is 11.8 Å². The van der Waals surface area contributed by atoms with Gasteiger partial charge in [-0.3, -0.25) is 4.79 Å². The van der Waals surface area contributed by atoms with Crippen molar-refractivity contribution in [3.8, 4) is 0 Å². The van der Waals surface area contributed by atoms with Gasteiger partial charge in [0, 0.05) is 16.8 Å². The lowest BCUT2D eigenvalue weighted by Crippen LogP contribution is -2.41. The highest BCUT2D eigenvalue weighted by atomic mass is 35.5. The van der Waals surface area contributed by atoms with Crippen LogP contribution in [0.2, 0.25) is 5.02 Å². The van der Waals surface area contributed by atoms with Gasteiger partial charge in [-0.05, 0) is 23.8 Å². The van der Waals surface area contributed by atoms with E-state index in [1.165, 1.54) is 0 Å². The Morgan fingerprint density at radius 1 is 1.42 bits per heavy atom. The zero-order valence-electron chi connectivity index (χ0n) is 11.2. The number of hydrogen-bond donors (Lipinski definition) is 2. The van der Waals surface area contributed by atoms with Gasteiger partial charge in [-0.25, -0.2) is 0 Å². The van der Waals surface area contributed by atoms with Crippen molar-refractivity contribution in [2.75, 3.05) is 5.75 Å². The van der Waals surface area contributed by atoms with Crippen LogP contribution < -0.4 is 5.32 Å². The van der Waals surface area contributed by atoms with E-state index in [4.69, 9.17) is 16.7 Å². The molecule has 1 aromatic rings. The Hall–Kier alpha value is -0.710. The smallest absolute Gasteiger partial charge is 0.320 e. The quantitative estimate of drug-likeness (QED) is 0.722. The molecular weight excluding hydrogens is 282 g/mol. The monoisotopic (exact) mass is 301 g/mol. The molecule has 1 atom stereocenters. The van der Waals surface area contributed by atoms with E-state index in [0.717, 1.165) is 22.1 Å². The standard InChI is InChI=1S/C14H20ClNO2S/c1-10(2)16-13(14(17)18)7-8-19-9-11-5-3-4-6-12(11)15/h3-6,10,13,16H,7-9H2,1-2H3,(H,17,18). The van der Waals surface area contributed by atoms with Crippen LogP contribution in [0.3, 0.4) is 0 Å². The molecule has 0 aromatic heterocycles. The third kappa shape index (κ3) is 6.32. The molecule has 19 heavy (non-hydrogen) atoms. The Bertz CT molecular complexity index is 412. The van der Waals surface area contributed by atoms with Crippen molar-refractivity contribution in [2.45, 2.75) is 38.1 Å². The lowest BCUT2D eigenvalue weighted by Gasteiger charge is -2.16. The summed E-state index contributed by atoms with van der Waals surface area (Å²) in [6.45, 7) is 3.90. The van der Waals surface area contributed by atoms with Crippen LogP contribution in [0.4, 0.5) is 0 Å². The van der Waals surface area contributed by atoms with Gasteiger partial charge in [-0.1, -0.05) is 43.6 Å². The number of thioether (sulfide) groups is 1. The van der Waals surface area contributed by atoms with Gasteiger partial charge in [0.05, 0.1) is 0 Å². The zero-order valence-corrected chi connectivity index (χ0v) is 12.8. The minimum atomic E-state index is -0.785. The first kappa shape index (κ1) is 16.3. The van der Waals surface area contributed by atoms with Crippen LogP contribution in [-0.2, 0) is 10.5 Å². The predicted molar refractivity (Wildman–Crippen MR) is 81.9 cm³/mol. The van der Waals surface area contributed by atoms with Crippen LogP contribution in [0.25, 0.3) is 0 Å². The number of hydrogen-bond acceptors (Lipinski definition) is 3. The van der Waals surface area contributed by atoms with Crippen LogP contribution in [-0.4, -0.2) is 28.9 Å². The number of benzene rings is 1. The molecule has 0 aliphatic carbocycles. The summed E-state index contributed by atoms with van der Waals surface area (Å²) in [7, 11) is 0. The average molecular weight is 302 g/mol. The molecule has 5 heteroatoms. The average Bonchev–Trinajstić information content (AvgIpc) is 2.34. The number of nitrogens with one attached hydrogen (secondary N) is 1. The SMILES string of the molecule is CC(C)NC(CCSCc1ccccc1Cl)C(=O)O. The number of aliphatic carboxylic acids is 1. The molecule has 0 heterocycles. The third-order valence-electron chi connectivity index (χ3n) is 2.60. The second kappa shape index (κ2) is 8.46. The molecule has 0 spiro atoms. The van der Waals surface area contributed by atoms with Gasteiger partial charge in [-0.15, -0.1) is 0 Å². The van der Waals surface area contributed by atoms with Crippen LogP contribution in [0.1, 0.15) is 25.8 Å². The fraction of sp³-hybridized carbons (Fsp3) is 0.500. The molecule has 1 aromatic carbocycles. The van der Waals surface area contributed by atoms with Gasteiger partial charge in [0.15, 0.2) is 0 Å². The summed E-state index contributed by atoms with van der Waals surface area (Å²) in [6.07, 6.45) is 0.614. The second-order valence-electron chi connectivity index (χ2n) is 4.64. The van der Waals surface area contributed by atoms with Gasteiger partial charge < -0.3 is 10.4 Å². The minimum absolute atomic E-state index is 0.176. The molecule has 0 aliphatic heterocycles. The minimum Gasteiger partial charge on any atom is -0.480 e. The van der Waals surface area contributed by atoms with Crippen molar-refractivity contribution >= 4 is 29.3 Å². The van der Waals surface area contributed by atoms with Crippen molar-refractivity contribution in [2.24, 2.45) is 0 Å². The normalized spacial score (nSPS) is 12.6. The summed E-state index contributed by atoms with van der Waals surface area (Å²) in [6, 6.07) is 7.44. The maximum Gasteiger partial charge on any atom is 0.320 e. The molecule has 0 bridgehead atoms. The third-order valence-corrected chi connectivity index (χ3v) is 4.01. The van der Waals surface area contributed by atoms with Crippen LogP contribution >= 0.6 is 23.4 Å². The molecular formula is C14H20ClNO2S. The Morgan fingerprint density at radius 2 is 2.11 bits per heavy atom. The largest absolute Gasteiger partial charge is 0.480 e. The van der Waals surface area contributed by atoms with E-state index in [2.05, 4.69) is 5.32 Å². The highest BCUT2D eigenvalue weighted by molar-refractivity contribution is 7.98. The summed E-state index contributed by atoms with van der Waals surface area (Å²) in [5, 5.41) is 12.9. The summed E-state index contributed by atoms with van der Waals surface area (Å²) in [4.78, 5) is 11.1. The number of carboxylic acid groups (broad SMARTS) is 1. The van der Waals surface area contributed by atoms with Crippen LogP contribution in [0, 0.1) is 0 Å². The predicted octanol–water partition coefficient (Wildman–Crippen LogP) is 3.41. The van der Waals surface area contributed by atoms with Gasteiger partial charge in [0.25, 0.3) is 0 Å². The first-order chi connectivity index (χ1) is 9.00. The Kier molecular flexibility index (Phi) is 7.28. The van der Waals surface area contributed by atoms with Crippen molar-refractivity contribution < 1.29 is 9.90 Å². The van der Waals surface area contributed by atoms with E-state index >= 15 is 0 Å². The van der Waals surface area contributed by atoms with Crippen molar-refractivity contribution in [1.82, 2.24) is 5.32 Å². The molecule has 3 nitrogen and oxygen atoms in total. The van der Waals surface area contributed by atoms with Gasteiger partial charge in [0.2, 0.25) is 0 Å². The van der Waals surface area contributed by atoms with Gasteiger partial charge in [0.1, 0.15) is 6.04 Å². The van der Waals surface area contributed by atoms with E-state index in [9.17, 15) is 4.79 Å². The zero-order chi connectivity index (χ0) is 14.3. The van der Waals surface area contributed by atoms with E-state index in [-0.39, 0.29) is 6.04 Å². The second-order valence-corrected chi connectivity index (χ2v) is 6.16. The van der Waals surface area contributed by atoms with E-state index in [1.807, 2.05) is 38.1 Å². The molecule has 0 amide bonds. The fourth-order valence-electron chi connectivity index (χ4n) is 1.68. The Labute approximate surface area is 123 Å². The van der Waals surface area contributed by atoms with Crippen molar-refractivity contribution in [3.05, 3.63) is 34.9 Å². The maximum atomic E-state index is 11.1. The van der Waals surface area contributed by atoms with Crippen molar-refractivity contribution in [1.29, 1.82) is 0 Å². The van der Waals surface area contributed by atoms with Crippen molar-refractivity contribution in [3.63, 3.8) is 0 Å². The van der Waals surface area contributed by atoms with Gasteiger partial charge in [-0.2, -0.15) is 11.8 Å². The lowest BCUT2D eigenvalue weighted by molar-refractivity contribution is -0.139. The Balaban J connectivity index is 2.33. The van der Waals surface area contributed by atoms with Crippen LogP contribution in [0.15, 0.2) is 24.3 Å². The van der Waals surface area contributed by atoms with Gasteiger partial charge >= 0.3 is 5.97 Å². The Morgan fingerprint density at radius 3 is 2.68 bits per heavy atom. The number of rotatable bonds is 8. The molecule has 1 unspecified atom stereocenters. The number of halogens is 1. The molecule has 0 saturated heterocycles. The maximum absolute atomic E-state index is 11.1. The molecule has 0 aliphatic rings. The molecule has 1 rings (SSSR count). The highest BCUT2D eigenvalue weighted by Crippen LogP contribution is 2.21. The first-order valence-electron chi connectivity index (χ1n) is 6.30.